The molecule has 4 heteroatoms. The molecule has 0 saturated heterocycles. The van der Waals surface area contributed by atoms with Crippen LogP contribution in [0.5, 0.6) is 0 Å². The lowest BCUT2D eigenvalue weighted by Gasteiger charge is -2.15. The summed E-state index contributed by atoms with van der Waals surface area (Å²) in [6.07, 6.45) is 6.35. The van der Waals surface area contributed by atoms with Crippen LogP contribution in [-0.2, 0) is 0 Å². The summed E-state index contributed by atoms with van der Waals surface area (Å²) < 4.78 is 4.67. The van der Waals surface area contributed by atoms with Gasteiger partial charge in [-0.1, -0.05) is 152 Å². The second-order valence-corrected chi connectivity index (χ2v) is 14.6. The minimum Gasteiger partial charge on any atom is -0.309 e. The van der Waals surface area contributed by atoms with E-state index >= 15 is 0 Å². The third-order valence-corrected chi connectivity index (χ3v) is 11.4. The van der Waals surface area contributed by atoms with E-state index in [4.69, 9.17) is 16.5 Å². The fraction of sp³-hybridized carbons (Fsp3) is 0.0189. The van der Waals surface area contributed by atoms with Crippen LogP contribution >= 0.6 is 0 Å². The Hall–Kier alpha value is -7.56. The second-order valence-electron chi connectivity index (χ2n) is 14.6. The Morgan fingerprint density at radius 1 is 0.526 bits per heavy atom. The molecule has 0 aliphatic carbocycles. The van der Waals surface area contributed by atoms with E-state index in [1.165, 1.54) is 27.1 Å². The van der Waals surface area contributed by atoms with E-state index in [9.17, 15) is 0 Å². The number of aromatic nitrogens is 4. The Morgan fingerprint density at radius 3 is 2.05 bits per heavy atom. The molecular formula is C53H36N4. The van der Waals surface area contributed by atoms with Crippen LogP contribution in [-0.4, -0.2) is 19.1 Å². The predicted octanol–water partition coefficient (Wildman–Crippen LogP) is 12.1. The third kappa shape index (κ3) is 5.08. The second kappa shape index (κ2) is 13.0. The van der Waals surface area contributed by atoms with Crippen molar-refractivity contribution in [3.8, 4) is 34.0 Å². The zero-order chi connectivity index (χ0) is 38.0. The number of nitrogens with zero attached hydrogens (tertiary/aromatic N) is 4. The molecule has 4 nitrogen and oxygen atoms in total. The van der Waals surface area contributed by atoms with Gasteiger partial charge in [0.15, 0.2) is 0 Å². The van der Waals surface area contributed by atoms with Crippen LogP contribution in [0.25, 0.3) is 112 Å². The van der Waals surface area contributed by atoms with Gasteiger partial charge in [0, 0.05) is 43.7 Å². The Labute approximate surface area is 329 Å². The molecule has 0 amide bonds. The Kier molecular flexibility index (Phi) is 7.51. The molecular weight excluding hydrogens is 693 g/mol. The number of allylic oxidation sites excluding steroid dienone is 2. The van der Waals surface area contributed by atoms with Gasteiger partial charge >= 0.3 is 0 Å². The van der Waals surface area contributed by atoms with E-state index in [0.717, 1.165) is 76.7 Å². The highest BCUT2D eigenvalue weighted by atomic mass is 15.2. The number of fused-ring (bicyclic) bond motifs is 9. The van der Waals surface area contributed by atoms with Gasteiger partial charge in [0.2, 0.25) is 5.95 Å². The predicted molar refractivity (Wildman–Crippen MR) is 241 cm³/mol. The maximum absolute atomic E-state index is 5.47. The molecule has 11 aromatic rings. The minimum absolute atomic E-state index is 0.619. The summed E-state index contributed by atoms with van der Waals surface area (Å²) in [7, 11) is 0. The summed E-state index contributed by atoms with van der Waals surface area (Å²) in [5.74, 6) is 0.619. The molecule has 0 fully saturated rings. The van der Waals surface area contributed by atoms with Crippen molar-refractivity contribution in [1.29, 1.82) is 0 Å². The van der Waals surface area contributed by atoms with Gasteiger partial charge in [-0.05, 0) is 76.2 Å². The molecule has 0 unspecified atom stereocenters. The monoisotopic (exact) mass is 728 g/mol. The van der Waals surface area contributed by atoms with Crippen LogP contribution in [0.4, 0.5) is 0 Å². The Balaban J connectivity index is 1.34. The van der Waals surface area contributed by atoms with Crippen LogP contribution < -0.4 is 10.4 Å². The van der Waals surface area contributed by atoms with Crippen LogP contribution in [0.3, 0.4) is 0 Å². The van der Waals surface area contributed by atoms with Crippen molar-refractivity contribution in [3.05, 3.63) is 192 Å². The van der Waals surface area contributed by atoms with Crippen LogP contribution in [0.1, 0.15) is 6.92 Å². The highest BCUT2D eigenvalue weighted by Crippen LogP contribution is 2.41. The molecule has 0 N–H and O–H groups in total. The average molecular weight is 729 g/mol. The molecule has 0 aliphatic heterocycles. The van der Waals surface area contributed by atoms with E-state index in [1.807, 2.05) is 6.07 Å². The Bertz CT molecular complexity index is 3540. The third-order valence-electron chi connectivity index (χ3n) is 11.4. The standard InChI is InChI=1S/C53H36N4/c1-3-4-17-37-32-44-50-40-23-12-11-18-35(40)29-31-47(50)57(53-54-45-26-15-13-25-43(45)51(55-53)36-19-7-5-8-20-36)52(44)49(34(37)2)38-28-30-42-41-24-14-16-27-46(41)56(48(42)33-38)39-21-9-6-10-22-39/h3-33H,2H2,1H3/b4-3-,37-17-. The topological polar surface area (TPSA) is 35.6 Å². The quantitative estimate of drug-likeness (QED) is 0.177. The molecule has 3 heterocycles. The maximum Gasteiger partial charge on any atom is 0.235 e. The molecule has 0 radical (unpaired) electrons. The van der Waals surface area contributed by atoms with Gasteiger partial charge in [0.05, 0.1) is 33.3 Å². The first-order valence-corrected chi connectivity index (χ1v) is 19.4. The highest BCUT2D eigenvalue weighted by molar-refractivity contribution is 6.24. The first-order valence-electron chi connectivity index (χ1n) is 19.4. The summed E-state index contributed by atoms with van der Waals surface area (Å²) in [5.41, 5.74) is 10.5. The molecule has 0 aliphatic rings. The zero-order valence-corrected chi connectivity index (χ0v) is 31.4. The van der Waals surface area contributed by atoms with Crippen LogP contribution in [0.2, 0.25) is 0 Å². The lowest BCUT2D eigenvalue weighted by Crippen LogP contribution is -2.26. The molecule has 0 atom stereocenters. The largest absolute Gasteiger partial charge is 0.309 e. The van der Waals surface area contributed by atoms with Crippen molar-refractivity contribution in [2.45, 2.75) is 6.92 Å². The van der Waals surface area contributed by atoms with E-state index in [-0.39, 0.29) is 0 Å². The van der Waals surface area contributed by atoms with Gasteiger partial charge < -0.3 is 4.57 Å². The van der Waals surface area contributed by atoms with E-state index in [1.54, 1.807) is 0 Å². The summed E-state index contributed by atoms with van der Waals surface area (Å²) in [4.78, 5) is 10.8. The van der Waals surface area contributed by atoms with Gasteiger partial charge in [-0.3, -0.25) is 4.57 Å². The summed E-state index contributed by atoms with van der Waals surface area (Å²) in [6, 6.07) is 60.4. The van der Waals surface area contributed by atoms with Gasteiger partial charge in [0.1, 0.15) is 0 Å². The summed E-state index contributed by atoms with van der Waals surface area (Å²) in [6.45, 7) is 6.91. The van der Waals surface area contributed by atoms with Crippen molar-refractivity contribution >= 4 is 77.9 Å². The van der Waals surface area contributed by atoms with Gasteiger partial charge in [-0.2, -0.15) is 0 Å². The number of rotatable bonds is 5. The number of hydrogen-bond acceptors (Lipinski definition) is 2. The minimum atomic E-state index is 0.619. The molecule has 11 rings (SSSR count). The van der Waals surface area contributed by atoms with E-state index < -0.39 is 0 Å². The SMILES string of the molecule is C=c1c(-c2ccc3c4ccccc4n(-c4ccccc4)c3c2)c2c(c/c1=C/C=C\C)c1c3ccccc3ccc1n2-c1nc(-c2ccccc2)c2ccccc2n1. The highest BCUT2D eigenvalue weighted by Gasteiger charge is 2.23. The fourth-order valence-electron chi connectivity index (χ4n) is 8.83. The molecule has 3 aromatic heterocycles. The maximum atomic E-state index is 5.47. The molecule has 0 saturated carbocycles. The average Bonchev–Trinajstić information content (AvgIpc) is 3.78. The molecule has 0 bridgehead atoms. The van der Waals surface area contributed by atoms with Crippen LogP contribution in [0, 0.1) is 0 Å². The van der Waals surface area contributed by atoms with Crippen molar-refractivity contribution in [2.75, 3.05) is 0 Å². The zero-order valence-electron chi connectivity index (χ0n) is 31.4. The van der Waals surface area contributed by atoms with Crippen molar-refractivity contribution in [3.63, 3.8) is 0 Å². The summed E-state index contributed by atoms with van der Waals surface area (Å²) >= 11 is 0. The summed E-state index contributed by atoms with van der Waals surface area (Å²) in [5, 5.41) is 10.1. The normalized spacial score (nSPS) is 12.4. The first-order chi connectivity index (χ1) is 28.2. The molecule has 57 heavy (non-hydrogen) atoms. The molecule has 268 valence electrons. The van der Waals surface area contributed by atoms with Crippen molar-refractivity contribution < 1.29 is 0 Å². The van der Waals surface area contributed by atoms with Gasteiger partial charge in [-0.15, -0.1) is 0 Å². The Morgan fingerprint density at radius 2 is 1.23 bits per heavy atom. The number of benzene rings is 8. The smallest absolute Gasteiger partial charge is 0.235 e. The number of hydrogen-bond donors (Lipinski definition) is 0. The van der Waals surface area contributed by atoms with Gasteiger partial charge in [-0.25, -0.2) is 9.97 Å². The lowest BCUT2D eigenvalue weighted by molar-refractivity contribution is 1.01. The lowest BCUT2D eigenvalue weighted by atomic mass is 9.96. The molecule has 8 aromatic carbocycles. The number of para-hydroxylation sites is 3. The van der Waals surface area contributed by atoms with Gasteiger partial charge in [0.25, 0.3) is 0 Å². The van der Waals surface area contributed by atoms with Crippen LogP contribution in [0.15, 0.2) is 182 Å². The first kappa shape index (κ1) is 32.8. The van der Waals surface area contributed by atoms with E-state index in [2.05, 4.69) is 198 Å². The van der Waals surface area contributed by atoms with E-state index in [0.29, 0.717) is 5.95 Å². The molecule has 0 spiro atoms. The fourth-order valence-corrected chi connectivity index (χ4v) is 8.83. The van der Waals surface area contributed by atoms with Crippen molar-refractivity contribution in [1.82, 2.24) is 19.1 Å². The van der Waals surface area contributed by atoms with Crippen molar-refractivity contribution in [2.24, 2.45) is 0 Å².